The van der Waals surface area contributed by atoms with Crippen LogP contribution >= 0.6 is 0 Å². The van der Waals surface area contributed by atoms with Crippen molar-refractivity contribution in [2.75, 3.05) is 13.1 Å². The lowest BCUT2D eigenvalue weighted by molar-refractivity contribution is 0.0724. The number of fused-ring (bicyclic) bond motifs is 1. The minimum Gasteiger partial charge on any atom is -0.339 e. The fourth-order valence-electron chi connectivity index (χ4n) is 3.41. The lowest BCUT2D eigenvalue weighted by Crippen LogP contribution is -2.35. The maximum atomic E-state index is 12.6. The van der Waals surface area contributed by atoms with E-state index in [1.54, 1.807) is 12.4 Å². The average Bonchev–Trinajstić information content (AvgIpc) is 2.98. The molecule has 5 nitrogen and oxygen atoms in total. The predicted molar refractivity (Wildman–Crippen MR) is 93.4 cm³/mol. The van der Waals surface area contributed by atoms with E-state index < -0.39 is 0 Å². The summed E-state index contributed by atoms with van der Waals surface area (Å²) in [5.74, 6) is 1.05. The van der Waals surface area contributed by atoms with E-state index in [9.17, 15) is 4.79 Å². The number of nitrogens with zero attached hydrogens (tertiary/aromatic N) is 4. The first-order chi connectivity index (χ1) is 11.7. The molecule has 0 bridgehead atoms. The molecular formula is C19H20N4O. The van der Waals surface area contributed by atoms with Crippen LogP contribution in [0.25, 0.3) is 16.7 Å². The van der Waals surface area contributed by atoms with Gasteiger partial charge in [0.25, 0.3) is 5.91 Å². The van der Waals surface area contributed by atoms with Gasteiger partial charge in [0.15, 0.2) is 0 Å². The fourth-order valence-corrected chi connectivity index (χ4v) is 3.41. The molecule has 1 fully saturated rings. The molecular weight excluding hydrogens is 300 g/mol. The van der Waals surface area contributed by atoms with Gasteiger partial charge in [0.05, 0.1) is 11.7 Å². The number of rotatable bonds is 2. The Morgan fingerprint density at radius 2 is 1.79 bits per heavy atom. The standard InChI is InChI=1S/C19H20N4O/c1-14-21-17-13-20-10-9-18(17)23(14)16-7-5-15(6-8-16)19(24)22-11-3-2-4-12-22/h5-10,13H,2-4,11-12H2,1H3. The summed E-state index contributed by atoms with van der Waals surface area (Å²) in [6, 6.07) is 9.77. The molecule has 1 aliphatic rings. The number of likely N-dealkylation sites (tertiary alicyclic amines) is 1. The van der Waals surface area contributed by atoms with Crippen LogP contribution in [0.5, 0.6) is 0 Å². The van der Waals surface area contributed by atoms with E-state index in [0.717, 1.165) is 54.0 Å². The van der Waals surface area contributed by atoms with E-state index >= 15 is 0 Å². The molecule has 0 unspecified atom stereocenters. The van der Waals surface area contributed by atoms with Gasteiger partial charge in [-0.05, 0) is 56.5 Å². The molecule has 0 N–H and O–H groups in total. The average molecular weight is 320 g/mol. The third-order valence-electron chi connectivity index (χ3n) is 4.64. The van der Waals surface area contributed by atoms with E-state index in [1.165, 1.54) is 6.42 Å². The Hall–Kier alpha value is -2.69. The van der Waals surface area contributed by atoms with Gasteiger partial charge in [-0.15, -0.1) is 0 Å². The highest BCUT2D eigenvalue weighted by Gasteiger charge is 2.18. The number of aryl methyl sites for hydroxylation is 1. The molecule has 3 aromatic rings. The Kier molecular flexibility index (Phi) is 3.76. The number of imidazole rings is 1. The zero-order chi connectivity index (χ0) is 16.5. The van der Waals surface area contributed by atoms with Crippen molar-refractivity contribution in [3.8, 4) is 5.69 Å². The minimum atomic E-state index is 0.137. The second-order valence-electron chi connectivity index (χ2n) is 6.26. The van der Waals surface area contributed by atoms with Gasteiger partial charge < -0.3 is 4.90 Å². The van der Waals surface area contributed by atoms with Crippen molar-refractivity contribution >= 4 is 16.9 Å². The number of pyridine rings is 1. The minimum absolute atomic E-state index is 0.137. The second kappa shape index (κ2) is 6.07. The summed E-state index contributed by atoms with van der Waals surface area (Å²) in [6.45, 7) is 3.73. The van der Waals surface area contributed by atoms with Crippen LogP contribution in [0.3, 0.4) is 0 Å². The van der Waals surface area contributed by atoms with Gasteiger partial charge in [0.1, 0.15) is 11.3 Å². The molecule has 1 aromatic carbocycles. The maximum Gasteiger partial charge on any atom is 0.253 e. The summed E-state index contributed by atoms with van der Waals surface area (Å²) in [6.07, 6.45) is 6.99. The quantitative estimate of drug-likeness (QED) is 0.727. The molecule has 0 saturated carbocycles. The molecule has 0 spiro atoms. The zero-order valence-electron chi connectivity index (χ0n) is 13.8. The lowest BCUT2D eigenvalue weighted by Gasteiger charge is -2.26. The van der Waals surface area contributed by atoms with Gasteiger partial charge in [0.2, 0.25) is 0 Å². The van der Waals surface area contributed by atoms with E-state index in [4.69, 9.17) is 0 Å². The summed E-state index contributed by atoms with van der Waals surface area (Å²) in [5, 5.41) is 0. The first kappa shape index (κ1) is 14.9. The number of benzene rings is 1. The monoisotopic (exact) mass is 320 g/mol. The normalized spacial score (nSPS) is 15.0. The lowest BCUT2D eigenvalue weighted by atomic mass is 10.1. The number of amides is 1. The molecule has 0 atom stereocenters. The highest BCUT2D eigenvalue weighted by Crippen LogP contribution is 2.21. The van der Waals surface area contributed by atoms with Gasteiger partial charge in [-0.2, -0.15) is 0 Å². The topological polar surface area (TPSA) is 51.0 Å². The van der Waals surface area contributed by atoms with Crippen molar-refractivity contribution in [3.63, 3.8) is 0 Å². The van der Waals surface area contributed by atoms with Crippen molar-refractivity contribution in [1.29, 1.82) is 0 Å². The van der Waals surface area contributed by atoms with Gasteiger partial charge in [0, 0.05) is 30.5 Å². The number of carbonyl (C=O) groups excluding carboxylic acids is 1. The van der Waals surface area contributed by atoms with E-state index in [-0.39, 0.29) is 5.91 Å². The molecule has 1 aliphatic heterocycles. The predicted octanol–water partition coefficient (Wildman–Crippen LogP) is 3.36. The van der Waals surface area contributed by atoms with E-state index in [0.29, 0.717) is 0 Å². The van der Waals surface area contributed by atoms with Crippen LogP contribution in [0, 0.1) is 6.92 Å². The highest BCUT2D eigenvalue weighted by molar-refractivity contribution is 5.94. The van der Waals surface area contributed by atoms with E-state index in [2.05, 4.69) is 14.5 Å². The molecule has 3 heterocycles. The zero-order valence-corrected chi connectivity index (χ0v) is 13.8. The molecule has 1 amide bonds. The second-order valence-corrected chi connectivity index (χ2v) is 6.26. The molecule has 0 aliphatic carbocycles. The Morgan fingerprint density at radius 1 is 1.04 bits per heavy atom. The molecule has 0 radical (unpaired) electrons. The Morgan fingerprint density at radius 3 is 2.54 bits per heavy atom. The largest absolute Gasteiger partial charge is 0.339 e. The fraction of sp³-hybridized carbons (Fsp3) is 0.316. The van der Waals surface area contributed by atoms with Crippen LogP contribution in [0.1, 0.15) is 35.4 Å². The SMILES string of the molecule is Cc1nc2cnccc2n1-c1ccc(C(=O)N2CCCCC2)cc1. The summed E-state index contributed by atoms with van der Waals surface area (Å²) < 4.78 is 2.09. The van der Waals surface area contributed by atoms with Crippen LogP contribution in [0.2, 0.25) is 0 Å². The van der Waals surface area contributed by atoms with Gasteiger partial charge in [-0.1, -0.05) is 0 Å². The van der Waals surface area contributed by atoms with Crippen LogP contribution in [0.15, 0.2) is 42.7 Å². The molecule has 4 rings (SSSR count). The molecule has 5 heteroatoms. The van der Waals surface area contributed by atoms with Crippen LogP contribution in [0.4, 0.5) is 0 Å². The van der Waals surface area contributed by atoms with Crippen molar-refractivity contribution in [2.45, 2.75) is 26.2 Å². The highest BCUT2D eigenvalue weighted by atomic mass is 16.2. The van der Waals surface area contributed by atoms with Gasteiger partial charge in [-0.3, -0.25) is 14.3 Å². The van der Waals surface area contributed by atoms with Crippen molar-refractivity contribution in [2.24, 2.45) is 0 Å². The van der Waals surface area contributed by atoms with Crippen molar-refractivity contribution in [3.05, 3.63) is 54.1 Å². The van der Waals surface area contributed by atoms with Crippen molar-refractivity contribution in [1.82, 2.24) is 19.4 Å². The van der Waals surface area contributed by atoms with Crippen LogP contribution in [-0.2, 0) is 0 Å². The maximum absolute atomic E-state index is 12.6. The summed E-state index contributed by atoms with van der Waals surface area (Å²) >= 11 is 0. The third-order valence-corrected chi connectivity index (χ3v) is 4.64. The number of piperidine rings is 1. The van der Waals surface area contributed by atoms with Gasteiger partial charge in [-0.25, -0.2) is 4.98 Å². The van der Waals surface area contributed by atoms with Gasteiger partial charge >= 0.3 is 0 Å². The summed E-state index contributed by atoms with van der Waals surface area (Å²) in [7, 11) is 0. The molecule has 2 aromatic heterocycles. The number of aromatic nitrogens is 3. The molecule has 122 valence electrons. The Balaban J connectivity index is 1.66. The third kappa shape index (κ3) is 2.56. The Bertz CT molecular complexity index is 876. The smallest absolute Gasteiger partial charge is 0.253 e. The molecule has 24 heavy (non-hydrogen) atoms. The Labute approximate surface area is 140 Å². The molecule has 1 saturated heterocycles. The van der Waals surface area contributed by atoms with Crippen LogP contribution < -0.4 is 0 Å². The number of hydrogen-bond donors (Lipinski definition) is 0. The first-order valence-electron chi connectivity index (χ1n) is 8.43. The summed E-state index contributed by atoms with van der Waals surface area (Å²) in [5.41, 5.74) is 3.67. The summed E-state index contributed by atoms with van der Waals surface area (Å²) in [4.78, 5) is 23.2. The van der Waals surface area contributed by atoms with Crippen molar-refractivity contribution < 1.29 is 4.79 Å². The number of carbonyl (C=O) groups is 1. The van der Waals surface area contributed by atoms with Crippen LogP contribution in [-0.4, -0.2) is 38.4 Å². The number of hydrogen-bond acceptors (Lipinski definition) is 3. The first-order valence-corrected chi connectivity index (χ1v) is 8.43. The van der Waals surface area contributed by atoms with E-state index in [1.807, 2.05) is 42.2 Å².